The van der Waals surface area contributed by atoms with Gasteiger partial charge >= 0.3 is 0 Å². The number of nitrogens with one attached hydrogen (secondary N) is 1. The van der Waals surface area contributed by atoms with E-state index in [2.05, 4.69) is 5.32 Å². The summed E-state index contributed by atoms with van der Waals surface area (Å²) in [6.45, 7) is 1.55. The number of methoxy groups -OCH3 is 1. The molecule has 0 saturated heterocycles. The molecule has 0 aromatic heterocycles. The van der Waals surface area contributed by atoms with E-state index in [1.165, 1.54) is 0 Å². The Labute approximate surface area is 147 Å². The third-order valence-corrected chi connectivity index (χ3v) is 4.32. The van der Waals surface area contributed by atoms with Crippen molar-refractivity contribution >= 4 is 17.5 Å². The molecular formula is C20H22N2O3. The molecule has 25 heavy (non-hydrogen) atoms. The van der Waals surface area contributed by atoms with Crippen molar-refractivity contribution in [2.24, 2.45) is 0 Å². The number of anilines is 1. The van der Waals surface area contributed by atoms with Gasteiger partial charge in [-0.2, -0.15) is 0 Å². The summed E-state index contributed by atoms with van der Waals surface area (Å²) in [6.07, 6.45) is 1.13. The zero-order valence-electron chi connectivity index (χ0n) is 14.3. The summed E-state index contributed by atoms with van der Waals surface area (Å²) in [5, 5.41) is 2.85. The van der Waals surface area contributed by atoms with Gasteiger partial charge in [0.15, 0.2) is 0 Å². The van der Waals surface area contributed by atoms with Crippen LogP contribution in [0.1, 0.15) is 27.9 Å². The Hall–Kier alpha value is -2.66. The van der Waals surface area contributed by atoms with E-state index in [1.54, 1.807) is 18.1 Å². The Morgan fingerprint density at radius 1 is 1.16 bits per heavy atom. The maximum atomic E-state index is 13.0. The smallest absolute Gasteiger partial charge is 0.254 e. The van der Waals surface area contributed by atoms with Gasteiger partial charge in [-0.1, -0.05) is 30.3 Å². The molecule has 2 aromatic rings. The molecule has 0 saturated carbocycles. The normalized spacial score (nSPS) is 13.1. The summed E-state index contributed by atoms with van der Waals surface area (Å²) in [7, 11) is 1.63. The first-order valence-corrected chi connectivity index (χ1v) is 8.42. The average Bonchev–Trinajstić information content (AvgIpc) is 2.65. The van der Waals surface area contributed by atoms with E-state index < -0.39 is 0 Å². The molecule has 0 atom stereocenters. The summed E-state index contributed by atoms with van der Waals surface area (Å²) in [5.74, 6) is -0.00187. The highest BCUT2D eigenvalue weighted by atomic mass is 16.5. The van der Waals surface area contributed by atoms with Gasteiger partial charge in [0.2, 0.25) is 5.91 Å². The predicted octanol–water partition coefficient (Wildman–Crippen LogP) is 2.86. The molecule has 2 amide bonds. The van der Waals surface area contributed by atoms with Gasteiger partial charge in [0, 0.05) is 37.9 Å². The predicted molar refractivity (Wildman–Crippen MR) is 96.5 cm³/mol. The molecule has 130 valence electrons. The van der Waals surface area contributed by atoms with Crippen LogP contribution in [-0.2, 0) is 22.5 Å². The molecule has 1 heterocycles. The minimum atomic E-state index is -0.0272. The number of hydrogen-bond donors (Lipinski definition) is 1. The second kappa shape index (κ2) is 7.94. The van der Waals surface area contributed by atoms with Crippen molar-refractivity contribution in [2.45, 2.75) is 19.4 Å². The van der Waals surface area contributed by atoms with Gasteiger partial charge in [-0.15, -0.1) is 0 Å². The summed E-state index contributed by atoms with van der Waals surface area (Å²) >= 11 is 0. The summed E-state index contributed by atoms with van der Waals surface area (Å²) in [6, 6.07) is 15.4. The average molecular weight is 338 g/mol. The number of aryl methyl sites for hydroxylation is 1. The van der Waals surface area contributed by atoms with Gasteiger partial charge in [0.25, 0.3) is 5.91 Å². The highest BCUT2D eigenvalue weighted by molar-refractivity contribution is 5.98. The SMILES string of the molecule is COCCN(Cc1ccccc1)C(=O)c1ccc2c(c1)CCC(=O)N2. The molecule has 0 bridgehead atoms. The second-order valence-corrected chi connectivity index (χ2v) is 6.13. The molecule has 5 nitrogen and oxygen atoms in total. The fourth-order valence-corrected chi connectivity index (χ4v) is 2.96. The van der Waals surface area contributed by atoms with E-state index in [1.807, 2.05) is 42.5 Å². The van der Waals surface area contributed by atoms with Crippen molar-refractivity contribution in [3.05, 3.63) is 65.2 Å². The van der Waals surface area contributed by atoms with Crippen LogP contribution in [0, 0.1) is 0 Å². The lowest BCUT2D eigenvalue weighted by molar-refractivity contribution is -0.116. The topological polar surface area (TPSA) is 58.6 Å². The molecular weight excluding hydrogens is 316 g/mol. The number of carbonyl (C=O) groups excluding carboxylic acids is 2. The number of benzene rings is 2. The van der Waals surface area contributed by atoms with E-state index in [0.717, 1.165) is 16.8 Å². The zero-order chi connectivity index (χ0) is 17.6. The molecule has 0 unspecified atom stereocenters. The Morgan fingerprint density at radius 3 is 2.72 bits per heavy atom. The van der Waals surface area contributed by atoms with Crippen molar-refractivity contribution < 1.29 is 14.3 Å². The molecule has 0 radical (unpaired) electrons. The van der Waals surface area contributed by atoms with Crippen LogP contribution in [0.3, 0.4) is 0 Å². The van der Waals surface area contributed by atoms with Gasteiger partial charge in [-0.25, -0.2) is 0 Å². The molecule has 0 spiro atoms. The quantitative estimate of drug-likeness (QED) is 0.881. The van der Waals surface area contributed by atoms with Crippen LogP contribution in [0.5, 0.6) is 0 Å². The first kappa shape index (κ1) is 17.2. The van der Waals surface area contributed by atoms with Gasteiger partial charge in [-0.3, -0.25) is 9.59 Å². The molecule has 1 aliphatic heterocycles. The van der Waals surface area contributed by atoms with E-state index in [4.69, 9.17) is 4.74 Å². The van der Waals surface area contributed by atoms with Crippen LogP contribution in [0.15, 0.2) is 48.5 Å². The van der Waals surface area contributed by atoms with Crippen molar-refractivity contribution in [2.75, 3.05) is 25.6 Å². The van der Waals surface area contributed by atoms with Gasteiger partial charge in [0.1, 0.15) is 0 Å². The van der Waals surface area contributed by atoms with E-state index >= 15 is 0 Å². The highest BCUT2D eigenvalue weighted by Gasteiger charge is 2.20. The van der Waals surface area contributed by atoms with E-state index in [-0.39, 0.29) is 11.8 Å². The van der Waals surface area contributed by atoms with Gasteiger partial charge < -0.3 is 15.0 Å². The minimum Gasteiger partial charge on any atom is -0.383 e. The fraction of sp³-hybridized carbons (Fsp3) is 0.300. The molecule has 0 aliphatic carbocycles. The second-order valence-electron chi connectivity index (χ2n) is 6.13. The minimum absolute atomic E-state index is 0.0253. The van der Waals surface area contributed by atoms with Crippen molar-refractivity contribution in [3.63, 3.8) is 0 Å². The fourth-order valence-electron chi connectivity index (χ4n) is 2.96. The van der Waals surface area contributed by atoms with Crippen LogP contribution in [0.25, 0.3) is 0 Å². The molecule has 3 rings (SSSR count). The Balaban J connectivity index is 1.80. The number of rotatable bonds is 6. The number of hydrogen-bond acceptors (Lipinski definition) is 3. The molecule has 1 N–H and O–H groups in total. The standard InChI is InChI=1S/C20H22N2O3/c1-25-12-11-22(14-15-5-3-2-4-6-15)20(24)17-7-9-18-16(13-17)8-10-19(23)21-18/h2-7,9,13H,8,10-12,14H2,1H3,(H,21,23). The van der Waals surface area contributed by atoms with Crippen molar-refractivity contribution in [3.8, 4) is 0 Å². The Morgan fingerprint density at radius 2 is 1.96 bits per heavy atom. The van der Waals surface area contributed by atoms with Gasteiger partial charge in [0.05, 0.1) is 6.61 Å². The third-order valence-electron chi connectivity index (χ3n) is 4.32. The lowest BCUT2D eigenvalue weighted by Gasteiger charge is -2.24. The first-order chi connectivity index (χ1) is 12.2. The maximum absolute atomic E-state index is 13.0. The van der Waals surface area contributed by atoms with Gasteiger partial charge in [-0.05, 0) is 35.7 Å². The van der Waals surface area contributed by atoms with Crippen LogP contribution in [0.2, 0.25) is 0 Å². The van der Waals surface area contributed by atoms with Crippen LogP contribution < -0.4 is 5.32 Å². The van der Waals surface area contributed by atoms with Crippen LogP contribution in [0.4, 0.5) is 5.69 Å². The van der Waals surface area contributed by atoms with Crippen molar-refractivity contribution in [1.29, 1.82) is 0 Å². The maximum Gasteiger partial charge on any atom is 0.254 e. The lowest BCUT2D eigenvalue weighted by Crippen LogP contribution is -2.33. The molecule has 5 heteroatoms. The third kappa shape index (κ3) is 4.25. The zero-order valence-corrected chi connectivity index (χ0v) is 14.3. The molecule has 2 aromatic carbocycles. The number of ether oxygens (including phenoxy) is 1. The number of carbonyl (C=O) groups is 2. The summed E-state index contributed by atoms with van der Waals surface area (Å²) in [5.41, 5.74) is 3.54. The van der Waals surface area contributed by atoms with E-state index in [9.17, 15) is 9.59 Å². The number of amides is 2. The number of nitrogens with zero attached hydrogens (tertiary/aromatic N) is 1. The lowest BCUT2D eigenvalue weighted by atomic mass is 10.00. The molecule has 1 aliphatic rings. The van der Waals surface area contributed by atoms with Crippen LogP contribution >= 0.6 is 0 Å². The highest BCUT2D eigenvalue weighted by Crippen LogP contribution is 2.24. The van der Waals surface area contributed by atoms with Crippen molar-refractivity contribution in [1.82, 2.24) is 4.90 Å². The Bertz CT molecular complexity index is 759. The monoisotopic (exact) mass is 338 g/mol. The first-order valence-electron chi connectivity index (χ1n) is 8.42. The largest absolute Gasteiger partial charge is 0.383 e. The Kier molecular flexibility index (Phi) is 5.46. The van der Waals surface area contributed by atoms with E-state index in [0.29, 0.717) is 38.1 Å². The molecule has 0 fully saturated rings. The van der Waals surface area contributed by atoms with Crippen LogP contribution in [-0.4, -0.2) is 37.0 Å². The number of fused-ring (bicyclic) bond motifs is 1. The summed E-state index contributed by atoms with van der Waals surface area (Å²) in [4.78, 5) is 26.3. The summed E-state index contributed by atoms with van der Waals surface area (Å²) < 4.78 is 5.16.